The van der Waals surface area contributed by atoms with Gasteiger partial charge in [-0.05, 0) is 78.7 Å². The van der Waals surface area contributed by atoms with Gasteiger partial charge in [-0.3, -0.25) is 14.6 Å². The van der Waals surface area contributed by atoms with Crippen LogP contribution < -0.4 is 10.2 Å². The molecule has 1 saturated heterocycles. The van der Waals surface area contributed by atoms with E-state index in [1.54, 1.807) is 29.1 Å². The summed E-state index contributed by atoms with van der Waals surface area (Å²) in [6.07, 6.45) is -2.09. The number of aromatic nitrogens is 4. The van der Waals surface area contributed by atoms with Gasteiger partial charge in [0.15, 0.2) is 5.82 Å². The zero-order chi connectivity index (χ0) is 34.2. The van der Waals surface area contributed by atoms with Crippen molar-refractivity contribution in [2.24, 2.45) is 13.0 Å². The Hall–Kier alpha value is -4.80. The second-order valence-electron chi connectivity index (χ2n) is 12.9. The fourth-order valence-electron chi connectivity index (χ4n) is 6.61. The molecule has 48 heavy (non-hydrogen) atoms. The van der Waals surface area contributed by atoms with Gasteiger partial charge in [0, 0.05) is 37.8 Å². The van der Waals surface area contributed by atoms with E-state index in [0.29, 0.717) is 29.4 Å². The highest BCUT2D eigenvalue weighted by molar-refractivity contribution is 6.10. The van der Waals surface area contributed by atoms with Gasteiger partial charge in [-0.1, -0.05) is 30.7 Å². The van der Waals surface area contributed by atoms with Crippen molar-refractivity contribution in [1.29, 1.82) is 5.26 Å². The molecule has 2 atom stereocenters. The van der Waals surface area contributed by atoms with Crippen LogP contribution in [0.2, 0.25) is 0 Å². The van der Waals surface area contributed by atoms with E-state index in [2.05, 4.69) is 32.3 Å². The van der Waals surface area contributed by atoms with E-state index in [9.17, 15) is 23.1 Å². The first-order chi connectivity index (χ1) is 22.9. The van der Waals surface area contributed by atoms with E-state index in [0.717, 1.165) is 42.6 Å². The molecule has 2 aromatic carbocycles. The zero-order valence-electron chi connectivity index (χ0n) is 27.1. The maximum Gasteiger partial charge on any atom is 0.416 e. The molecular formula is C35H37F3N8O2. The van der Waals surface area contributed by atoms with Crippen LogP contribution in [0, 0.1) is 24.2 Å². The topological polar surface area (TPSA) is 123 Å². The Morgan fingerprint density at radius 1 is 1.15 bits per heavy atom. The summed E-state index contributed by atoms with van der Waals surface area (Å²) in [5.41, 5.74) is 2.65. The van der Waals surface area contributed by atoms with Gasteiger partial charge >= 0.3 is 6.18 Å². The molecule has 0 unspecified atom stereocenters. The number of aliphatic hydroxyl groups excluding tert-OH is 1. The van der Waals surface area contributed by atoms with Gasteiger partial charge in [0.25, 0.3) is 5.91 Å². The number of anilines is 2. The maximum absolute atomic E-state index is 14.5. The molecule has 0 bridgehead atoms. The Morgan fingerprint density at radius 2 is 1.96 bits per heavy atom. The van der Waals surface area contributed by atoms with E-state index in [-0.39, 0.29) is 42.3 Å². The van der Waals surface area contributed by atoms with Crippen LogP contribution in [0.15, 0.2) is 48.8 Å². The molecule has 4 aromatic rings. The molecule has 2 aliphatic heterocycles. The van der Waals surface area contributed by atoms with Crippen molar-refractivity contribution in [2.75, 3.05) is 29.9 Å². The number of likely N-dealkylation sites (tertiary alicyclic amines) is 1. The predicted molar refractivity (Wildman–Crippen MR) is 175 cm³/mol. The Bertz CT molecular complexity index is 1880. The quantitative estimate of drug-likeness (QED) is 0.226. The molecule has 2 aromatic heterocycles. The number of piperidine rings is 1. The lowest BCUT2D eigenvalue weighted by Crippen LogP contribution is -2.33. The average molecular weight is 659 g/mol. The molecule has 250 valence electrons. The van der Waals surface area contributed by atoms with Gasteiger partial charge in [0.05, 0.1) is 30.7 Å². The summed E-state index contributed by atoms with van der Waals surface area (Å²) in [7, 11) is 1.82. The van der Waals surface area contributed by atoms with Gasteiger partial charge in [-0.2, -0.15) is 18.4 Å². The highest BCUT2D eigenvalue weighted by atomic mass is 19.4. The van der Waals surface area contributed by atoms with E-state index < -0.39 is 23.8 Å². The second kappa shape index (κ2) is 13.4. The van der Waals surface area contributed by atoms with Crippen LogP contribution in [0.5, 0.6) is 0 Å². The molecule has 2 aliphatic rings. The Balaban J connectivity index is 1.42. The first kappa shape index (κ1) is 33.1. The Kier molecular flexibility index (Phi) is 9.22. The third-order valence-corrected chi connectivity index (χ3v) is 8.93. The summed E-state index contributed by atoms with van der Waals surface area (Å²) in [5.74, 6) is 0.914. The number of hydrogen-bond acceptors (Lipinski definition) is 8. The zero-order valence-corrected chi connectivity index (χ0v) is 27.1. The molecule has 0 aliphatic carbocycles. The number of nitrogens with zero attached hydrogens (tertiary/aromatic N) is 7. The number of aliphatic hydroxyl groups is 1. The number of nitrogens with one attached hydrogen (secondary N) is 1. The van der Waals surface area contributed by atoms with Crippen molar-refractivity contribution in [1.82, 2.24) is 24.6 Å². The molecule has 4 heterocycles. The van der Waals surface area contributed by atoms with Crippen LogP contribution in [-0.2, 0) is 26.3 Å². The molecule has 13 heteroatoms. The minimum absolute atomic E-state index is 0.00170. The number of nitriles is 1. The molecule has 1 fully saturated rings. The number of carbonyl (C=O) groups is 1. The number of halogens is 3. The molecule has 1 amide bonds. The van der Waals surface area contributed by atoms with Crippen LogP contribution in [0.4, 0.5) is 24.8 Å². The summed E-state index contributed by atoms with van der Waals surface area (Å²) < 4.78 is 45.4. The van der Waals surface area contributed by atoms with Crippen LogP contribution in [-0.4, -0.2) is 61.4 Å². The minimum atomic E-state index is -4.66. The van der Waals surface area contributed by atoms with Gasteiger partial charge < -0.3 is 15.0 Å². The number of rotatable bonds is 9. The molecule has 0 radical (unpaired) electrons. The van der Waals surface area contributed by atoms with Gasteiger partial charge in [0.2, 0.25) is 0 Å². The van der Waals surface area contributed by atoms with Crippen molar-refractivity contribution in [3.05, 3.63) is 76.6 Å². The second-order valence-corrected chi connectivity index (χ2v) is 12.9. The highest BCUT2D eigenvalue weighted by Crippen LogP contribution is 2.41. The highest BCUT2D eigenvalue weighted by Gasteiger charge is 2.41. The normalized spacial score (nSPS) is 17.3. The van der Waals surface area contributed by atoms with E-state index in [1.165, 1.54) is 11.0 Å². The Labute approximate surface area is 276 Å². The van der Waals surface area contributed by atoms with Crippen molar-refractivity contribution in [3.8, 4) is 28.6 Å². The fraction of sp³-hybridized carbons (Fsp3) is 0.400. The molecule has 2 N–H and O–H groups in total. The average Bonchev–Trinajstić information content (AvgIpc) is 3.61. The van der Waals surface area contributed by atoms with Crippen LogP contribution in [0.1, 0.15) is 58.8 Å². The van der Waals surface area contributed by atoms with E-state index in [1.807, 2.05) is 38.2 Å². The number of alkyl halides is 3. The summed E-state index contributed by atoms with van der Waals surface area (Å²) in [4.78, 5) is 22.1. The molecule has 0 saturated carbocycles. The standard InChI is InChI=1S/C35H37F3N8O2/c1-21-6-7-26(33-43-41-20-44(33)3)27(11-21)24-14-31(40-16-25(47)8-9-39)42-32(15-24)46-19-29-28(34(46)48)12-23(13-30(29)35(36,37)38)18-45-10-4-5-22(2)17-45/h6-7,11-15,20,22,25,47H,4-5,8,10,16-19H2,1-3H3,(H,40,42)/t22-,25-/m0/s1. The minimum Gasteiger partial charge on any atom is -0.390 e. The third kappa shape index (κ3) is 6.90. The summed E-state index contributed by atoms with van der Waals surface area (Å²) in [6.45, 7) is 5.69. The Morgan fingerprint density at radius 3 is 2.67 bits per heavy atom. The number of fused-ring (bicyclic) bond motifs is 1. The predicted octanol–water partition coefficient (Wildman–Crippen LogP) is 5.95. The van der Waals surface area contributed by atoms with Gasteiger partial charge in [0.1, 0.15) is 18.0 Å². The number of benzene rings is 2. The summed E-state index contributed by atoms with van der Waals surface area (Å²) in [5, 5.41) is 30.6. The van der Waals surface area contributed by atoms with Crippen molar-refractivity contribution >= 4 is 17.5 Å². The van der Waals surface area contributed by atoms with Crippen LogP contribution in [0.25, 0.3) is 22.5 Å². The molecule has 6 rings (SSSR count). The van der Waals surface area contributed by atoms with Crippen LogP contribution >= 0.6 is 0 Å². The molecule has 10 nitrogen and oxygen atoms in total. The smallest absolute Gasteiger partial charge is 0.390 e. The SMILES string of the molecule is Cc1ccc(-c2nncn2C)c(-c2cc(NC[C@@H](O)CC#N)nc(N3Cc4c(cc(CN5CCC[C@H](C)C5)cc4C(F)(F)F)C3=O)c2)c1. The number of amides is 1. The number of aryl methyl sites for hydroxylation is 2. The lowest BCUT2D eigenvalue weighted by molar-refractivity contribution is -0.138. The lowest BCUT2D eigenvalue weighted by Gasteiger charge is -2.31. The van der Waals surface area contributed by atoms with Crippen molar-refractivity contribution < 1.29 is 23.1 Å². The van der Waals surface area contributed by atoms with E-state index >= 15 is 0 Å². The third-order valence-electron chi connectivity index (χ3n) is 8.93. The number of pyridine rings is 1. The van der Waals surface area contributed by atoms with Crippen molar-refractivity contribution in [2.45, 2.75) is 58.5 Å². The maximum atomic E-state index is 14.5. The molecular weight excluding hydrogens is 621 g/mol. The first-order valence-corrected chi connectivity index (χ1v) is 15.9. The van der Waals surface area contributed by atoms with E-state index in [4.69, 9.17) is 5.26 Å². The number of carbonyl (C=O) groups excluding carboxylic acids is 1. The van der Waals surface area contributed by atoms with Gasteiger partial charge in [-0.25, -0.2) is 4.98 Å². The monoisotopic (exact) mass is 658 g/mol. The first-order valence-electron chi connectivity index (χ1n) is 15.9. The van der Waals surface area contributed by atoms with Crippen molar-refractivity contribution in [3.63, 3.8) is 0 Å². The van der Waals surface area contributed by atoms with Crippen LogP contribution in [0.3, 0.4) is 0 Å². The van der Waals surface area contributed by atoms with Gasteiger partial charge in [-0.15, -0.1) is 10.2 Å². The fourth-order valence-corrected chi connectivity index (χ4v) is 6.61. The molecule has 0 spiro atoms. The largest absolute Gasteiger partial charge is 0.416 e. The number of hydrogen-bond donors (Lipinski definition) is 2. The summed E-state index contributed by atoms with van der Waals surface area (Å²) >= 11 is 0. The summed E-state index contributed by atoms with van der Waals surface area (Å²) in [6, 6.07) is 13.9. The lowest BCUT2D eigenvalue weighted by atomic mass is 9.96.